The van der Waals surface area contributed by atoms with Gasteiger partial charge in [-0.3, -0.25) is 0 Å². The van der Waals surface area contributed by atoms with Crippen LogP contribution in [0.4, 0.5) is 0 Å². The van der Waals surface area contributed by atoms with Crippen LogP contribution in [0.2, 0.25) is 0 Å². The maximum Gasteiger partial charge on any atom is 0.101 e. The minimum absolute atomic E-state index is 0.178. The van der Waals surface area contributed by atoms with Crippen LogP contribution in [0.1, 0.15) is 36.3 Å². The molecule has 3 rings (SSSR count). The van der Waals surface area contributed by atoms with Gasteiger partial charge < -0.3 is 5.73 Å². The summed E-state index contributed by atoms with van der Waals surface area (Å²) in [6.07, 6.45) is 5.02. The van der Waals surface area contributed by atoms with Gasteiger partial charge in [-0.1, -0.05) is 18.9 Å². The molecule has 2 nitrogen and oxygen atoms in total. The van der Waals surface area contributed by atoms with Crippen LogP contribution in [0.25, 0.3) is 10.2 Å². The number of benzene rings is 1. The Morgan fingerprint density at radius 3 is 2.82 bits per heavy atom. The molecule has 1 heterocycles. The van der Waals surface area contributed by atoms with Crippen molar-refractivity contribution in [1.29, 1.82) is 0 Å². The molecule has 1 saturated carbocycles. The van der Waals surface area contributed by atoms with E-state index in [-0.39, 0.29) is 5.41 Å². The number of aromatic nitrogens is 1. The summed E-state index contributed by atoms with van der Waals surface area (Å²) in [6.45, 7) is 2.87. The Bertz CT molecular complexity index is 538. The van der Waals surface area contributed by atoms with E-state index in [1.807, 2.05) is 11.3 Å². The molecular formula is C14H18N2S. The monoisotopic (exact) mass is 246 g/mol. The smallest absolute Gasteiger partial charge is 0.101 e. The van der Waals surface area contributed by atoms with Crippen molar-refractivity contribution in [1.82, 2.24) is 4.98 Å². The van der Waals surface area contributed by atoms with Crippen LogP contribution in [-0.2, 0) is 5.41 Å². The van der Waals surface area contributed by atoms with E-state index in [2.05, 4.69) is 25.1 Å². The van der Waals surface area contributed by atoms with Crippen LogP contribution in [0.3, 0.4) is 0 Å². The Kier molecular flexibility index (Phi) is 2.68. The molecule has 0 amide bonds. The van der Waals surface area contributed by atoms with Crippen molar-refractivity contribution in [2.75, 3.05) is 6.54 Å². The minimum Gasteiger partial charge on any atom is -0.329 e. The lowest BCUT2D eigenvalue weighted by atomic mass is 9.87. The van der Waals surface area contributed by atoms with Crippen LogP contribution in [-0.4, -0.2) is 11.5 Å². The fourth-order valence-electron chi connectivity index (χ4n) is 2.82. The van der Waals surface area contributed by atoms with Gasteiger partial charge >= 0.3 is 0 Å². The fourth-order valence-corrected chi connectivity index (χ4v) is 4.14. The second kappa shape index (κ2) is 4.07. The summed E-state index contributed by atoms with van der Waals surface area (Å²) in [5, 5.41) is 1.26. The molecule has 0 radical (unpaired) electrons. The van der Waals surface area contributed by atoms with Gasteiger partial charge in [0.25, 0.3) is 0 Å². The van der Waals surface area contributed by atoms with Gasteiger partial charge in [-0.25, -0.2) is 4.98 Å². The summed E-state index contributed by atoms with van der Waals surface area (Å²) in [4.78, 5) is 4.82. The topological polar surface area (TPSA) is 38.9 Å². The van der Waals surface area contributed by atoms with Crippen molar-refractivity contribution in [2.24, 2.45) is 5.73 Å². The van der Waals surface area contributed by atoms with Crippen molar-refractivity contribution in [3.8, 4) is 0 Å². The molecule has 90 valence electrons. The molecule has 2 aromatic rings. The first-order valence-corrected chi connectivity index (χ1v) is 7.13. The predicted molar refractivity (Wildman–Crippen MR) is 73.6 cm³/mol. The van der Waals surface area contributed by atoms with E-state index in [1.54, 1.807) is 0 Å². The Morgan fingerprint density at radius 1 is 1.35 bits per heavy atom. The number of fused-ring (bicyclic) bond motifs is 1. The molecule has 1 aliphatic carbocycles. The molecule has 0 bridgehead atoms. The van der Waals surface area contributed by atoms with E-state index in [4.69, 9.17) is 10.7 Å². The van der Waals surface area contributed by atoms with Gasteiger partial charge in [-0.05, 0) is 37.5 Å². The highest BCUT2D eigenvalue weighted by atomic mass is 32.1. The number of thiazole rings is 1. The van der Waals surface area contributed by atoms with E-state index in [0.717, 1.165) is 12.1 Å². The molecule has 2 N–H and O–H groups in total. The number of hydrogen-bond donors (Lipinski definition) is 1. The summed E-state index contributed by atoms with van der Waals surface area (Å²) in [5.74, 6) is 0. The summed E-state index contributed by atoms with van der Waals surface area (Å²) in [5.41, 5.74) is 8.64. The number of nitrogens with two attached hydrogens (primary N) is 1. The van der Waals surface area contributed by atoms with E-state index in [9.17, 15) is 0 Å². The predicted octanol–water partition coefficient (Wildman–Crippen LogP) is 3.38. The van der Waals surface area contributed by atoms with Gasteiger partial charge in [0.15, 0.2) is 0 Å². The normalized spacial score (nSPS) is 18.9. The Hall–Kier alpha value is -0.930. The lowest BCUT2D eigenvalue weighted by Crippen LogP contribution is -2.31. The molecule has 0 spiro atoms. The van der Waals surface area contributed by atoms with E-state index in [1.165, 1.54) is 41.0 Å². The third-order valence-corrected chi connectivity index (χ3v) is 5.21. The first kappa shape index (κ1) is 11.2. The molecule has 0 saturated heterocycles. The third kappa shape index (κ3) is 1.78. The second-order valence-electron chi connectivity index (χ2n) is 5.18. The first-order chi connectivity index (χ1) is 8.23. The molecule has 1 aromatic carbocycles. The standard InChI is InChI=1S/C14H18N2S/c1-10-4-5-11-12(8-10)17-13(16-11)14(9-15)6-2-3-7-14/h4-5,8H,2-3,6-7,9,15H2,1H3. The molecule has 0 aliphatic heterocycles. The fraction of sp³-hybridized carbons (Fsp3) is 0.500. The Balaban J connectivity index is 2.11. The average Bonchev–Trinajstić information content (AvgIpc) is 2.94. The van der Waals surface area contributed by atoms with Crippen molar-refractivity contribution >= 4 is 21.6 Å². The van der Waals surface area contributed by atoms with E-state index < -0.39 is 0 Å². The van der Waals surface area contributed by atoms with Crippen molar-refractivity contribution < 1.29 is 0 Å². The SMILES string of the molecule is Cc1ccc2nc(C3(CN)CCCC3)sc2c1. The van der Waals surface area contributed by atoms with Gasteiger partial charge in [-0.2, -0.15) is 0 Å². The van der Waals surface area contributed by atoms with Crippen molar-refractivity contribution in [3.63, 3.8) is 0 Å². The summed E-state index contributed by atoms with van der Waals surface area (Å²) < 4.78 is 1.31. The zero-order chi connectivity index (χ0) is 11.9. The Morgan fingerprint density at radius 2 is 2.12 bits per heavy atom. The highest BCUT2D eigenvalue weighted by molar-refractivity contribution is 7.18. The molecule has 1 aromatic heterocycles. The van der Waals surface area contributed by atoms with Crippen LogP contribution in [0.15, 0.2) is 18.2 Å². The van der Waals surface area contributed by atoms with Gasteiger partial charge in [0.1, 0.15) is 5.01 Å². The highest BCUT2D eigenvalue weighted by Gasteiger charge is 2.37. The van der Waals surface area contributed by atoms with Crippen LogP contribution < -0.4 is 5.73 Å². The largest absolute Gasteiger partial charge is 0.329 e. The second-order valence-corrected chi connectivity index (χ2v) is 6.21. The first-order valence-electron chi connectivity index (χ1n) is 6.31. The maximum atomic E-state index is 6.02. The summed E-state index contributed by atoms with van der Waals surface area (Å²) in [7, 11) is 0. The molecule has 17 heavy (non-hydrogen) atoms. The zero-order valence-corrected chi connectivity index (χ0v) is 11.0. The number of nitrogens with zero attached hydrogens (tertiary/aromatic N) is 1. The van der Waals surface area contributed by atoms with Crippen molar-refractivity contribution in [3.05, 3.63) is 28.8 Å². The highest BCUT2D eigenvalue weighted by Crippen LogP contribution is 2.43. The van der Waals surface area contributed by atoms with Crippen LogP contribution in [0.5, 0.6) is 0 Å². The van der Waals surface area contributed by atoms with Crippen LogP contribution >= 0.6 is 11.3 Å². The minimum atomic E-state index is 0.178. The van der Waals surface area contributed by atoms with Gasteiger partial charge in [-0.15, -0.1) is 11.3 Å². The lowest BCUT2D eigenvalue weighted by Gasteiger charge is -2.23. The lowest BCUT2D eigenvalue weighted by molar-refractivity contribution is 0.451. The van der Waals surface area contributed by atoms with E-state index >= 15 is 0 Å². The summed E-state index contributed by atoms with van der Waals surface area (Å²) >= 11 is 1.84. The Labute approximate surface area is 106 Å². The van der Waals surface area contributed by atoms with Gasteiger partial charge in [0.05, 0.1) is 10.2 Å². The van der Waals surface area contributed by atoms with Gasteiger partial charge in [0.2, 0.25) is 0 Å². The molecular weight excluding hydrogens is 228 g/mol. The van der Waals surface area contributed by atoms with Crippen LogP contribution in [0, 0.1) is 6.92 Å². The summed E-state index contributed by atoms with van der Waals surface area (Å²) in [6, 6.07) is 6.50. The van der Waals surface area contributed by atoms with Gasteiger partial charge in [0, 0.05) is 12.0 Å². The molecule has 3 heteroatoms. The quantitative estimate of drug-likeness (QED) is 0.882. The molecule has 0 unspecified atom stereocenters. The molecule has 0 atom stereocenters. The number of hydrogen-bond acceptors (Lipinski definition) is 3. The van der Waals surface area contributed by atoms with Crippen molar-refractivity contribution in [2.45, 2.75) is 38.0 Å². The average molecular weight is 246 g/mol. The number of rotatable bonds is 2. The third-order valence-electron chi connectivity index (χ3n) is 3.95. The molecule has 1 aliphatic rings. The molecule has 1 fully saturated rings. The van der Waals surface area contributed by atoms with E-state index in [0.29, 0.717) is 0 Å². The number of aryl methyl sites for hydroxylation is 1. The maximum absolute atomic E-state index is 6.02. The zero-order valence-electron chi connectivity index (χ0n) is 10.2.